The van der Waals surface area contributed by atoms with Gasteiger partial charge in [-0.2, -0.15) is 17.4 Å². The summed E-state index contributed by atoms with van der Waals surface area (Å²) in [4.78, 5) is 0. The zero-order valence-electron chi connectivity index (χ0n) is 14.4. The van der Waals surface area contributed by atoms with Gasteiger partial charge in [0.15, 0.2) is 0 Å². The Balaban J connectivity index is 1.91. The Labute approximate surface area is 140 Å². The molecular weight excluding hydrogens is 308 g/mol. The Kier molecular flexibility index (Phi) is 4.81. The fourth-order valence-electron chi connectivity index (χ4n) is 4.05. The number of fused-ring (bicyclic) bond motifs is 1. The van der Waals surface area contributed by atoms with Gasteiger partial charge >= 0.3 is 0 Å². The average Bonchev–Trinajstić information content (AvgIpc) is 2.97. The van der Waals surface area contributed by atoms with E-state index in [0.29, 0.717) is 6.54 Å². The van der Waals surface area contributed by atoms with Crippen LogP contribution in [0.25, 0.3) is 0 Å². The summed E-state index contributed by atoms with van der Waals surface area (Å²) in [5.74, 6) is 0.247. The molecule has 1 N–H and O–H groups in total. The predicted molar refractivity (Wildman–Crippen MR) is 93.5 cm³/mol. The average molecular weight is 337 g/mol. The summed E-state index contributed by atoms with van der Waals surface area (Å²) in [6.07, 6.45) is 4.99. The van der Waals surface area contributed by atoms with Crippen LogP contribution in [0.4, 0.5) is 0 Å². The van der Waals surface area contributed by atoms with Crippen LogP contribution < -0.4 is 4.72 Å². The van der Waals surface area contributed by atoms with Crippen LogP contribution in [0.2, 0.25) is 0 Å². The minimum absolute atomic E-state index is 0.0711. The van der Waals surface area contributed by atoms with Gasteiger partial charge in [-0.05, 0) is 43.2 Å². The molecule has 1 fully saturated rings. The molecule has 1 aliphatic carbocycles. The number of benzene rings is 1. The normalized spacial score (nSPS) is 23.4. The molecule has 1 aromatic carbocycles. The third-order valence-electron chi connectivity index (χ3n) is 5.14. The molecule has 0 radical (unpaired) electrons. The van der Waals surface area contributed by atoms with Crippen molar-refractivity contribution >= 4 is 10.2 Å². The van der Waals surface area contributed by atoms with Crippen molar-refractivity contribution < 1.29 is 8.42 Å². The second kappa shape index (κ2) is 6.54. The Hall–Kier alpha value is -0.910. The molecule has 0 saturated heterocycles. The Morgan fingerprint density at radius 3 is 2.57 bits per heavy atom. The van der Waals surface area contributed by atoms with Crippen LogP contribution in [-0.4, -0.2) is 25.3 Å². The number of nitrogens with one attached hydrogen (secondary N) is 1. The number of rotatable bonds is 4. The van der Waals surface area contributed by atoms with Gasteiger partial charge in [-0.15, -0.1) is 0 Å². The highest BCUT2D eigenvalue weighted by atomic mass is 32.2. The first kappa shape index (κ1) is 16.9. The van der Waals surface area contributed by atoms with Gasteiger partial charge in [0, 0.05) is 12.6 Å². The van der Waals surface area contributed by atoms with Crippen LogP contribution in [0, 0.1) is 12.8 Å². The van der Waals surface area contributed by atoms with Crippen LogP contribution in [0.5, 0.6) is 0 Å². The van der Waals surface area contributed by atoms with E-state index in [1.807, 2.05) is 0 Å². The molecule has 1 unspecified atom stereocenters. The summed E-state index contributed by atoms with van der Waals surface area (Å²) in [6, 6.07) is 6.46. The van der Waals surface area contributed by atoms with E-state index in [9.17, 15) is 8.42 Å². The summed E-state index contributed by atoms with van der Waals surface area (Å²) in [5.41, 5.74) is 3.72. The topological polar surface area (TPSA) is 49.4 Å². The second-order valence-electron chi connectivity index (χ2n) is 7.36. The van der Waals surface area contributed by atoms with Crippen molar-refractivity contribution in [3.63, 3.8) is 0 Å². The SMILES string of the molecule is Cc1ccc2c(c1)CCN(S(=O)(=O)NC1CCCC1)C2C(C)C. The Bertz CT molecular complexity index is 664. The monoisotopic (exact) mass is 336 g/mol. The van der Waals surface area contributed by atoms with E-state index < -0.39 is 10.2 Å². The minimum Gasteiger partial charge on any atom is -0.199 e. The zero-order chi connectivity index (χ0) is 16.6. The fourth-order valence-corrected chi connectivity index (χ4v) is 5.83. The fraction of sp³-hybridized carbons (Fsp3) is 0.667. The number of aryl methyl sites for hydroxylation is 1. The lowest BCUT2D eigenvalue weighted by Crippen LogP contribution is -2.49. The molecule has 0 spiro atoms. The number of nitrogens with zero attached hydrogens (tertiary/aromatic N) is 1. The molecule has 1 saturated carbocycles. The second-order valence-corrected chi connectivity index (χ2v) is 9.01. The van der Waals surface area contributed by atoms with Gasteiger partial charge in [-0.1, -0.05) is 50.5 Å². The van der Waals surface area contributed by atoms with Crippen LogP contribution in [0.3, 0.4) is 0 Å². The lowest BCUT2D eigenvalue weighted by Gasteiger charge is -2.39. The highest BCUT2D eigenvalue weighted by Crippen LogP contribution is 2.37. The van der Waals surface area contributed by atoms with Gasteiger partial charge in [0.05, 0.1) is 6.04 Å². The molecule has 1 aromatic rings. The standard InChI is InChI=1S/C18H28N2O2S/c1-13(2)18-17-9-8-14(3)12-15(17)10-11-20(18)23(21,22)19-16-6-4-5-7-16/h8-9,12-13,16,18-19H,4-7,10-11H2,1-3H3. The lowest BCUT2D eigenvalue weighted by molar-refractivity contribution is 0.243. The van der Waals surface area contributed by atoms with Crippen LogP contribution >= 0.6 is 0 Å². The molecule has 1 heterocycles. The first-order valence-electron chi connectivity index (χ1n) is 8.77. The number of hydrogen-bond donors (Lipinski definition) is 1. The first-order valence-corrected chi connectivity index (χ1v) is 10.2. The van der Waals surface area contributed by atoms with Crippen molar-refractivity contribution in [3.8, 4) is 0 Å². The lowest BCUT2D eigenvalue weighted by atomic mass is 9.87. The zero-order valence-corrected chi connectivity index (χ0v) is 15.2. The van der Waals surface area contributed by atoms with E-state index in [2.05, 4.69) is 43.7 Å². The largest absolute Gasteiger partial charge is 0.280 e. The van der Waals surface area contributed by atoms with Gasteiger partial charge in [-0.3, -0.25) is 0 Å². The van der Waals surface area contributed by atoms with E-state index in [-0.39, 0.29) is 18.0 Å². The van der Waals surface area contributed by atoms with Gasteiger partial charge in [0.1, 0.15) is 0 Å². The third-order valence-corrected chi connectivity index (χ3v) is 6.80. The maximum Gasteiger partial charge on any atom is 0.280 e. The van der Waals surface area contributed by atoms with Crippen LogP contribution in [0.15, 0.2) is 18.2 Å². The molecule has 1 aliphatic heterocycles. The Morgan fingerprint density at radius 2 is 1.91 bits per heavy atom. The van der Waals surface area contributed by atoms with Gasteiger partial charge in [0.2, 0.25) is 0 Å². The maximum absolute atomic E-state index is 12.9. The van der Waals surface area contributed by atoms with Crippen molar-refractivity contribution in [2.45, 2.75) is 65.0 Å². The summed E-state index contributed by atoms with van der Waals surface area (Å²) >= 11 is 0. The van der Waals surface area contributed by atoms with Gasteiger partial charge in [-0.25, -0.2) is 0 Å². The summed E-state index contributed by atoms with van der Waals surface area (Å²) < 4.78 is 30.5. The van der Waals surface area contributed by atoms with Crippen molar-refractivity contribution in [2.75, 3.05) is 6.54 Å². The molecule has 0 amide bonds. The van der Waals surface area contributed by atoms with Gasteiger partial charge < -0.3 is 0 Å². The van der Waals surface area contributed by atoms with Crippen molar-refractivity contribution in [3.05, 3.63) is 34.9 Å². The summed E-state index contributed by atoms with van der Waals surface area (Å²) in [6.45, 7) is 6.88. The molecule has 5 heteroatoms. The van der Waals surface area contributed by atoms with E-state index in [1.54, 1.807) is 4.31 Å². The van der Waals surface area contributed by atoms with Crippen LogP contribution in [-0.2, 0) is 16.6 Å². The molecule has 128 valence electrons. The molecule has 1 atom stereocenters. The predicted octanol–water partition coefficient (Wildman–Crippen LogP) is 3.33. The molecule has 23 heavy (non-hydrogen) atoms. The van der Waals surface area contributed by atoms with Crippen molar-refractivity contribution in [2.24, 2.45) is 5.92 Å². The third kappa shape index (κ3) is 3.47. The Morgan fingerprint density at radius 1 is 1.22 bits per heavy atom. The highest BCUT2D eigenvalue weighted by molar-refractivity contribution is 7.87. The molecule has 0 bridgehead atoms. The van der Waals surface area contributed by atoms with Crippen LogP contribution in [0.1, 0.15) is 62.3 Å². The smallest absolute Gasteiger partial charge is 0.199 e. The molecule has 2 aliphatic rings. The molecule has 0 aromatic heterocycles. The summed E-state index contributed by atoms with van der Waals surface area (Å²) in [7, 11) is -3.43. The van der Waals surface area contributed by atoms with Gasteiger partial charge in [0.25, 0.3) is 10.2 Å². The maximum atomic E-state index is 12.9. The van der Waals surface area contributed by atoms with E-state index in [4.69, 9.17) is 0 Å². The minimum atomic E-state index is -3.43. The summed E-state index contributed by atoms with van der Waals surface area (Å²) in [5, 5.41) is 0. The number of hydrogen-bond acceptors (Lipinski definition) is 2. The molecule has 3 rings (SSSR count). The molecule has 4 nitrogen and oxygen atoms in total. The first-order chi connectivity index (χ1) is 10.9. The quantitative estimate of drug-likeness (QED) is 0.917. The van der Waals surface area contributed by atoms with Crippen molar-refractivity contribution in [1.82, 2.24) is 9.03 Å². The van der Waals surface area contributed by atoms with E-state index in [1.165, 1.54) is 16.7 Å². The van der Waals surface area contributed by atoms with Crippen molar-refractivity contribution in [1.29, 1.82) is 0 Å². The molecular formula is C18H28N2O2S. The van der Waals surface area contributed by atoms with E-state index in [0.717, 1.165) is 32.1 Å². The van der Waals surface area contributed by atoms with E-state index >= 15 is 0 Å². The highest BCUT2D eigenvalue weighted by Gasteiger charge is 2.38.